The molecule has 0 N–H and O–H groups in total. The minimum Gasteiger partial charge on any atom is -0.462 e. The average Bonchev–Trinajstić information content (AvgIpc) is 2.53. The first-order valence-electron chi connectivity index (χ1n) is 6.64. The Bertz CT molecular complexity index is 738. The molecule has 0 aliphatic rings. The Labute approximate surface area is 124 Å². The fraction of sp³-hybridized carbons (Fsp3) is 0.105. The van der Waals surface area contributed by atoms with Crippen LogP contribution in [0.25, 0.3) is 0 Å². The lowest BCUT2D eigenvalue weighted by Crippen LogP contribution is -2.06. The molecule has 2 heteroatoms. The van der Waals surface area contributed by atoms with Crippen LogP contribution in [0.15, 0.2) is 54.6 Å². The van der Waals surface area contributed by atoms with E-state index in [1.807, 2.05) is 36.4 Å². The molecule has 2 aromatic rings. The topological polar surface area (TPSA) is 26.3 Å². The maximum Gasteiger partial charge on any atom is 0.339 e. The van der Waals surface area contributed by atoms with E-state index in [0.717, 1.165) is 5.56 Å². The molecule has 0 fully saturated rings. The molecule has 2 nitrogen and oxygen atoms in total. The average molecular weight is 274 g/mol. The highest BCUT2D eigenvalue weighted by atomic mass is 16.5. The van der Waals surface area contributed by atoms with Gasteiger partial charge in [-0.2, -0.15) is 0 Å². The van der Waals surface area contributed by atoms with E-state index < -0.39 is 0 Å². The Kier molecular flexibility index (Phi) is 5.21. The van der Waals surface area contributed by atoms with E-state index in [2.05, 4.69) is 23.7 Å². The lowest BCUT2D eigenvalue weighted by Gasteiger charge is -2.03. The van der Waals surface area contributed by atoms with E-state index in [4.69, 9.17) is 4.74 Å². The summed E-state index contributed by atoms with van der Waals surface area (Å²) in [5.74, 6) is 11.0. The molecule has 2 rings (SSSR count). The summed E-state index contributed by atoms with van der Waals surface area (Å²) >= 11 is 0. The minimum absolute atomic E-state index is 0.342. The van der Waals surface area contributed by atoms with E-state index in [1.165, 1.54) is 0 Å². The second-order valence-electron chi connectivity index (χ2n) is 4.13. The fourth-order valence-electron chi connectivity index (χ4n) is 1.70. The van der Waals surface area contributed by atoms with Crippen molar-refractivity contribution < 1.29 is 9.53 Å². The van der Waals surface area contributed by atoms with Gasteiger partial charge in [-0.25, -0.2) is 4.79 Å². The van der Waals surface area contributed by atoms with Crippen molar-refractivity contribution in [2.75, 3.05) is 6.61 Å². The normalized spacial score (nSPS) is 8.81. The molecule has 2 aromatic carbocycles. The monoisotopic (exact) mass is 274 g/mol. The first-order valence-corrected chi connectivity index (χ1v) is 6.64. The Morgan fingerprint density at radius 3 is 2.38 bits per heavy atom. The van der Waals surface area contributed by atoms with Crippen molar-refractivity contribution >= 4 is 5.97 Å². The van der Waals surface area contributed by atoms with Gasteiger partial charge in [-0.05, 0) is 43.0 Å². The molecule has 0 spiro atoms. The third-order valence-electron chi connectivity index (χ3n) is 2.66. The summed E-state index contributed by atoms with van der Waals surface area (Å²) < 4.78 is 5.00. The van der Waals surface area contributed by atoms with Crippen molar-refractivity contribution in [2.24, 2.45) is 0 Å². The third kappa shape index (κ3) is 4.27. The first-order chi connectivity index (χ1) is 10.3. The van der Waals surface area contributed by atoms with Crippen LogP contribution < -0.4 is 0 Å². The molecule has 21 heavy (non-hydrogen) atoms. The smallest absolute Gasteiger partial charge is 0.339 e. The van der Waals surface area contributed by atoms with Gasteiger partial charge in [0.2, 0.25) is 0 Å². The van der Waals surface area contributed by atoms with Gasteiger partial charge in [-0.15, -0.1) is 0 Å². The van der Waals surface area contributed by atoms with Crippen molar-refractivity contribution in [3.63, 3.8) is 0 Å². The van der Waals surface area contributed by atoms with E-state index in [1.54, 1.807) is 25.1 Å². The molecule has 0 atom stereocenters. The van der Waals surface area contributed by atoms with Crippen LogP contribution in [0.3, 0.4) is 0 Å². The van der Waals surface area contributed by atoms with Crippen LogP contribution in [0.5, 0.6) is 0 Å². The summed E-state index contributed by atoms with van der Waals surface area (Å²) in [6.45, 7) is 2.12. The predicted molar refractivity (Wildman–Crippen MR) is 82.6 cm³/mol. The molecule has 0 bridgehead atoms. The van der Waals surface area contributed by atoms with E-state index in [9.17, 15) is 4.79 Å². The molecular formula is C19H14O2. The van der Waals surface area contributed by atoms with Gasteiger partial charge in [0.1, 0.15) is 0 Å². The quantitative estimate of drug-likeness (QED) is 0.620. The van der Waals surface area contributed by atoms with E-state index in [-0.39, 0.29) is 5.97 Å². The Morgan fingerprint density at radius 1 is 0.952 bits per heavy atom. The minimum atomic E-state index is -0.363. The third-order valence-corrected chi connectivity index (χ3v) is 2.66. The molecule has 0 radical (unpaired) electrons. The van der Waals surface area contributed by atoms with Crippen LogP contribution in [0.2, 0.25) is 0 Å². The standard InChI is InChI=1S/C19H14O2/c1-2-21-19(20)18-15-9-8-14-17(18)13-7-6-12-16-10-4-3-5-11-16/h3-5,8-11,14-15H,2H2,1H3. The van der Waals surface area contributed by atoms with Gasteiger partial charge in [0, 0.05) is 11.1 Å². The fourth-order valence-corrected chi connectivity index (χ4v) is 1.70. The molecular weight excluding hydrogens is 260 g/mol. The van der Waals surface area contributed by atoms with Crippen molar-refractivity contribution in [3.05, 3.63) is 71.3 Å². The van der Waals surface area contributed by atoms with Crippen molar-refractivity contribution in [1.82, 2.24) is 0 Å². The molecule has 0 saturated heterocycles. The summed E-state index contributed by atoms with van der Waals surface area (Å²) in [5.41, 5.74) is 2.00. The second kappa shape index (κ2) is 7.58. The van der Waals surface area contributed by atoms with Gasteiger partial charge < -0.3 is 4.74 Å². The number of rotatable bonds is 2. The summed E-state index contributed by atoms with van der Waals surface area (Å²) in [7, 11) is 0. The summed E-state index contributed by atoms with van der Waals surface area (Å²) in [6, 6.07) is 16.7. The van der Waals surface area contributed by atoms with Gasteiger partial charge in [0.15, 0.2) is 0 Å². The Hall–Kier alpha value is -2.97. The SMILES string of the molecule is CCOC(=O)c1ccccc1C#CC#Cc1ccccc1. The lowest BCUT2D eigenvalue weighted by atomic mass is 10.1. The number of carbonyl (C=O) groups is 1. The predicted octanol–water partition coefficient (Wildman–Crippen LogP) is 3.27. The van der Waals surface area contributed by atoms with Crippen LogP contribution in [0, 0.1) is 23.7 Å². The maximum atomic E-state index is 11.8. The van der Waals surface area contributed by atoms with Gasteiger partial charge >= 0.3 is 5.97 Å². The molecule has 102 valence electrons. The molecule has 0 amide bonds. The number of carbonyl (C=O) groups excluding carboxylic acids is 1. The molecule has 0 saturated carbocycles. The Morgan fingerprint density at radius 2 is 1.62 bits per heavy atom. The maximum absolute atomic E-state index is 11.8. The summed E-state index contributed by atoms with van der Waals surface area (Å²) in [4.78, 5) is 11.8. The van der Waals surface area contributed by atoms with Gasteiger partial charge in [0.05, 0.1) is 12.2 Å². The van der Waals surface area contributed by atoms with E-state index in [0.29, 0.717) is 17.7 Å². The molecule has 0 unspecified atom stereocenters. The van der Waals surface area contributed by atoms with Crippen LogP contribution in [0.4, 0.5) is 0 Å². The molecule has 0 heterocycles. The van der Waals surface area contributed by atoms with Crippen LogP contribution in [-0.2, 0) is 4.74 Å². The highest BCUT2D eigenvalue weighted by Gasteiger charge is 2.09. The van der Waals surface area contributed by atoms with Crippen molar-refractivity contribution in [1.29, 1.82) is 0 Å². The molecule has 0 aliphatic carbocycles. The number of hydrogen-bond donors (Lipinski definition) is 0. The summed E-state index contributed by atoms with van der Waals surface area (Å²) in [6.07, 6.45) is 0. The highest BCUT2D eigenvalue weighted by molar-refractivity contribution is 5.92. The first kappa shape index (κ1) is 14.4. The van der Waals surface area contributed by atoms with E-state index >= 15 is 0 Å². The van der Waals surface area contributed by atoms with Crippen molar-refractivity contribution in [3.8, 4) is 23.7 Å². The van der Waals surface area contributed by atoms with Crippen LogP contribution in [0.1, 0.15) is 28.4 Å². The van der Waals surface area contributed by atoms with Gasteiger partial charge in [-0.3, -0.25) is 0 Å². The molecule has 0 aliphatic heterocycles. The number of ether oxygens (including phenoxy) is 1. The molecule has 0 aromatic heterocycles. The van der Waals surface area contributed by atoms with Crippen molar-refractivity contribution in [2.45, 2.75) is 6.92 Å². The Balaban J connectivity index is 2.20. The summed E-state index contributed by atoms with van der Waals surface area (Å²) in [5, 5.41) is 0. The number of esters is 1. The zero-order chi connectivity index (χ0) is 14.9. The largest absolute Gasteiger partial charge is 0.462 e. The van der Waals surface area contributed by atoms with Gasteiger partial charge in [-0.1, -0.05) is 42.2 Å². The zero-order valence-electron chi connectivity index (χ0n) is 11.7. The lowest BCUT2D eigenvalue weighted by molar-refractivity contribution is 0.0526. The van der Waals surface area contributed by atoms with Gasteiger partial charge in [0.25, 0.3) is 0 Å². The second-order valence-corrected chi connectivity index (χ2v) is 4.13. The number of benzene rings is 2. The van der Waals surface area contributed by atoms with Crippen LogP contribution >= 0.6 is 0 Å². The highest BCUT2D eigenvalue weighted by Crippen LogP contribution is 2.08. The number of hydrogen-bond acceptors (Lipinski definition) is 2. The zero-order valence-corrected chi connectivity index (χ0v) is 11.7. The van der Waals surface area contributed by atoms with Crippen LogP contribution in [-0.4, -0.2) is 12.6 Å².